The summed E-state index contributed by atoms with van der Waals surface area (Å²) >= 11 is 0. The predicted molar refractivity (Wildman–Crippen MR) is 81.3 cm³/mol. The van der Waals surface area contributed by atoms with Crippen molar-refractivity contribution < 1.29 is 14.6 Å². The van der Waals surface area contributed by atoms with Crippen LogP contribution in [0.5, 0.6) is 0 Å². The van der Waals surface area contributed by atoms with Crippen LogP contribution < -0.4 is 5.32 Å². The Bertz CT molecular complexity index is 480. The van der Waals surface area contributed by atoms with Gasteiger partial charge in [-0.15, -0.1) is 0 Å². The molecule has 0 aliphatic carbocycles. The van der Waals surface area contributed by atoms with Crippen LogP contribution in [0.3, 0.4) is 0 Å². The molecule has 1 aliphatic rings. The van der Waals surface area contributed by atoms with E-state index in [-0.39, 0.29) is 12.1 Å². The molecule has 1 saturated heterocycles. The smallest absolute Gasteiger partial charge is 0.329 e. The Hall–Kier alpha value is -1.43. The number of carboxylic acids is 1. The summed E-state index contributed by atoms with van der Waals surface area (Å²) in [5.41, 5.74) is -0.350. The number of carbonyl (C=O) groups is 1. The third kappa shape index (κ3) is 3.10. The van der Waals surface area contributed by atoms with E-state index in [2.05, 4.69) is 10.2 Å². The van der Waals surface area contributed by atoms with Crippen LogP contribution in [0, 0.1) is 0 Å². The van der Waals surface area contributed by atoms with E-state index in [1.807, 2.05) is 44.3 Å². The predicted octanol–water partition coefficient (Wildman–Crippen LogP) is 1.30. The normalized spacial score (nSPS) is 25.0. The standard InChI is InChI=1S/C16H24N2O3/c1-12-14(9-10-21-12)18(3)11-16(17-2,15(19)20)13-7-5-4-6-8-13/h4-8,12,14,17H,9-11H2,1-3H3,(H,19,20). The second kappa shape index (κ2) is 6.56. The fraction of sp³-hybridized carbons (Fsp3) is 0.562. The molecule has 1 heterocycles. The number of carboxylic acid groups (broad SMARTS) is 1. The van der Waals surface area contributed by atoms with Crippen molar-refractivity contribution in [3.8, 4) is 0 Å². The molecule has 1 aromatic rings. The molecule has 1 aliphatic heterocycles. The first-order chi connectivity index (χ1) is 10.0. The van der Waals surface area contributed by atoms with Gasteiger partial charge in [-0.1, -0.05) is 30.3 Å². The number of rotatable bonds is 6. The molecule has 5 heteroatoms. The minimum atomic E-state index is -1.11. The van der Waals surface area contributed by atoms with Gasteiger partial charge in [0.2, 0.25) is 0 Å². The molecular formula is C16H24N2O3. The van der Waals surface area contributed by atoms with E-state index >= 15 is 0 Å². The molecule has 0 bridgehead atoms. The van der Waals surface area contributed by atoms with E-state index < -0.39 is 11.5 Å². The molecule has 116 valence electrons. The van der Waals surface area contributed by atoms with Crippen molar-refractivity contribution in [2.75, 3.05) is 27.2 Å². The van der Waals surface area contributed by atoms with E-state index in [1.54, 1.807) is 7.05 Å². The lowest BCUT2D eigenvalue weighted by atomic mass is 9.88. The van der Waals surface area contributed by atoms with Gasteiger partial charge in [-0.05, 0) is 33.0 Å². The van der Waals surface area contributed by atoms with Crippen molar-refractivity contribution in [2.45, 2.75) is 31.0 Å². The first kappa shape index (κ1) is 15.9. The lowest BCUT2D eigenvalue weighted by Gasteiger charge is -2.37. The Morgan fingerprint density at radius 2 is 2.14 bits per heavy atom. The van der Waals surface area contributed by atoms with Crippen LogP contribution in [0.4, 0.5) is 0 Å². The molecule has 0 aromatic heterocycles. The molecule has 2 rings (SSSR count). The first-order valence-corrected chi connectivity index (χ1v) is 7.31. The highest BCUT2D eigenvalue weighted by Crippen LogP contribution is 2.26. The average Bonchev–Trinajstić information content (AvgIpc) is 2.91. The second-order valence-corrected chi connectivity index (χ2v) is 5.67. The van der Waals surface area contributed by atoms with Gasteiger partial charge in [-0.3, -0.25) is 4.90 Å². The third-order valence-corrected chi connectivity index (χ3v) is 4.45. The molecule has 0 spiro atoms. The number of likely N-dealkylation sites (N-methyl/N-ethyl adjacent to an activating group) is 2. The van der Waals surface area contributed by atoms with Crippen LogP contribution in [0.25, 0.3) is 0 Å². The summed E-state index contributed by atoms with van der Waals surface area (Å²) in [5.74, 6) is -0.866. The van der Waals surface area contributed by atoms with Crippen LogP contribution in [-0.2, 0) is 15.1 Å². The van der Waals surface area contributed by atoms with Gasteiger partial charge in [0.25, 0.3) is 0 Å². The number of hydrogen-bond donors (Lipinski definition) is 2. The Labute approximate surface area is 125 Å². The van der Waals surface area contributed by atoms with Gasteiger partial charge in [0, 0.05) is 19.2 Å². The summed E-state index contributed by atoms with van der Waals surface area (Å²) in [6.45, 7) is 3.17. The lowest BCUT2D eigenvalue weighted by Crippen LogP contribution is -2.56. The van der Waals surface area contributed by atoms with Gasteiger partial charge in [0.1, 0.15) is 0 Å². The fourth-order valence-electron chi connectivity index (χ4n) is 3.13. The number of benzene rings is 1. The highest BCUT2D eigenvalue weighted by atomic mass is 16.5. The quantitative estimate of drug-likeness (QED) is 0.827. The third-order valence-electron chi connectivity index (χ3n) is 4.45. The highest BCUT2D eigenvalue weighted by molar-refractivity contribution is 5.81. The molecule has 2 N–H and O–H groups in total. The molecule has 0 saturated carbocycles. The average molecular weight is 292 g/mol. The van der Waals surface area contributed by atoms with Gasteiger partial charge in [-0.2, -0.15) is 0 Å². The number of nitrogens with zero attached hydrogens (tertiary/aromatic N) is 1. The topological polar surface area (TPSA) is 61.8 Å². The number of aliphatic carboxylic acids is 1. The summed E-state index contributed by atoms with van der Waals surface area (Å²) < 4.78 is 5.59. The van der Waals surface area contributed by atoms with Gasteiger partial charge in [0.05, 0.1) is 6.10 Å². The van der Waals surface area contributed by atoms with Crippen molar-refractivity contribution in [1.82, 2.24) is 10.2 Å². The number of ether oxygens (including phenoxy) is 1. The van der Waals surface area contributed by atoms with Gasteiger partial charge in [-0.25, -0.2) is 4.79 Å². The fourth-order valence-corrected chi connectivity index (χ4v) is 3.13. The summed E-state index contributed by atoms with van der Waals surface area (Å²) in [6.07, 6.45) is 1.07. The van der Waals surface area contributed by atoms with Crippen molar-refractivity contribution in [3.05, 3.63) is 35.9 Å². The molecule has 3 atom stereocenters. The molecule has 0 radical (unpaired) electrons. The summed E-state index contributed by atoms with van der Waals surface area (Å²) in [4.78, 5) is 14.1. The van der Waals surface area contributed by atoms with Crippen LogP contribution in [0.1, 0.15) is 18.9 Å². The maximum atomic E-state index is 12.0. The van der Waals surface area contributed by atoms with Crippen molar-refractivity contribution >= 4 is 5.97 Å². The first-order valence-electron chi connectivity index (χ1n) is 7.31. The van der Waals surface area contributed by atoms with E-state index in [4.69, 9.17) is 4.74 Å². The lowest BCUT2D eigenvalue weighted by molar-refractivity contribution is -0.146. The Morgan fingerprint density at radius 3 is 2.62 bits per heavy atom. The van der Waals surface area contributed by atoms with Crippen molar-refractivity contribution in [2.24, 2.45) is 0 Å². The Balaban J connectivity index is 2.27. The minimum Gasteiger partial charge on any atom is -0.480 e. The monoisotopic (exact) mass is 292 g/mol. The van der Waals surface area contributed by atoms with Gasteiger partial charge in [0.15, 0.2) is 5.54 Å². The van der Waals surface area contributed by atoms with Crippen LogP contribution in [-0.4, -0.2) is 55.4 Å². The van der Waals surface area contributed by atoms with Crippen LogP contribution in [0.2, 0.25) is 0 Å². The summed E-state index contributed by atoms with van der Waals surface area (Å²) in [5, 5.41) is 12.8. The van der Waals surface area contributed by atoms with Crippen LogP contribution in [0.15, 0.2) is 30.3 Å². The molecule has 5 nitrogen and oxygen atoms in total. The Morgan fingerprint density at radius 1 is 1.48 bits per heavy atom. The molecule has 1 aromatic carbocycles. The summed E-state index contributed by atoms with van der Waals surface area (Å²) in [6, 6.07) is 9.58. The largest absolute Gasteiger partial charge is 0.480 e. The molecule has 0 amide bonds. The van der Waals surface area contributed by atoms with E-state index in [1.165, 1.54) is 0 Å². The Kier molecular flexibility index (Phi) is 4.98. The second-order valence-electron chi connectivity index (χ2n) is 5.67. The zero-order valence-corrected chi connectivity index (χ0v) is 12.9. The van der Waals surface area contributed by atoms with E-state index in [0.717, 1.165) is 18.6 Å². The zero-order chi connectivity index (χ0) is 15.5. The van der Waals surface area contributed by atoms with E-state index in [0.29, 0.717) is 6.54 Å². The maximum absolute atomic E-state index is 12.0. The maximum Gasteiger partial charge on any atom is 0.329 e. The van der Waals surface area contributed by atoms with Gasteiger partial charge >= 0.3 is 5.97 Å². The molecule has 21 heavy (non-hydrogen) atoms. The zero-order valence-electron chi connectivity index (χ0n) is 12.9. The van der Waals surface area contributed by atoms with Crippen molar-refractivity contribution in [1.29, 1.82) is 0 Å². The van der Waals surface area contributed by atoms with Crippen molar-refractivity contribution in [3.63, 3.8) is 0 Å². The number of hydrogen-bond acceptors (Lipinski definition) is 4. The SMILES string of the molecule is CNC(CN(C)C1CCOC1C)(C(=O)O)c1ccccc1. The molecule has 3 unspecified atom stereocenters. The van der Waals surface area contributed by atoms with Gasteiger partial charge < -0.3 is 15.2 Å². The summed E-state index contributed by atoms with van der Waals surface area (Å²) in [7, 11) is 3.66. The van der Waals surface area contributed by atoms with E-state index in [9.17, 15) is 9.90 Å². The molecule has 1 fully saturated rings. The van der Waals surface area contributed by atoms with Crippen LogP contribution >= 0.6 is 0 Å². The minimum absolute atomic E-state index is 0.133. The highest BCUT2D eigenvalue weighted by Gasteiger charge is 2.42. The number of nitrogens with one attached hydrogen (secondary N) is 1. The molecular weight excluding hydrogens is 268 g/mol.